The third-order valence-corrected chi connectivity index (χ3v) is 3.85. The molecule has 0 radical (unpaired) electrons. The lowest BCUT2D eigenvalue weighted by Crippen LogP contribution is -2.44. The first kappa shape index (κ1) is 13.4. The standard InChI is InChI=1S/C14H18ClNO2/c1-18-13(17)14(5-7-16-8-6-14)10-11-3-2-4-12(15)9-11/h2-4,9,16H,5-8,10H2,1H3. The summed E-state index contributed by atoms with van der Waals surface area (Å²) >= 11 is 5.99. The van der Waals surface area contributed by atoms with E-state index in [1.165, 1.54) is 7.11 Å². The number of rotatable bonds is 3. The van der Waals surface area contributed by atoms with Crippen LogP contribution in [0.15, 0.2) is 24.3 Å². The van der Waals surface area contributed by atoms with Crippen LogP contribution in [0.2, 0.25) is 5.02 Å². The number of nitrogens with one attached hydrogen (secondary N) is 1. The van der Waals surface area contributed by atoms with Crippen molar-refractivity contribution in [2.24, 2.45) is 5.41 Å². The van der Waals surface area contributed by atoms with Gasteiger partial charge in [-0.1, -0.05) is 23.7 Å². The van der Waals surface area contributed by atoms with Crippen LogP contribution >= 0.6 is 11.6 Å². The molecule has 0 saturated carbocycles. The minimum Gasteiger partial charge on any atom is -0.469 e. The summed E-state index contributed by atoms with van der Waals surface area (Å²) in [6.07, 6.45) is 2.32. The van der Waals surface area contributed by atoms with Crippen LogP contribution in [0.5, 0.6) is 0 Å². The average molecular weight is 268 g/mol. The van der Waals surface area contributed by atoms with E-state index in [4.69, 9.17) is 16.3 Å². The Bertz CT molecular complexity index is 428. The summed E-state index contributed by atoms with van der Waals surface area (Å²) in [7, 11) is 1.46. The number of halogens is 1. The second-order valence-corrected chi connectivity index (χ2v) is 5.27. The van der Waals surface area contributed by atoms with Crippen LogP contribution in [0.25, 0.3) is 0 Å². The van der Waals surface area contributed by atoms with Gasteiger partial charge in [0.05, 0.1) is 12.5 Å². The van der Waals surface area contributed by atoms with Gasteiger partial charge >= 0.3 is 5.97 Å². The van der Waals surface area contributed by atoms with Crippen molar-refractivity contribution in [1.82, 2.24) is 5.32 Å². The molecule has 0 bridgehead atoms. The van der Waals surface area contributed by atoms with Crippen LogP contribution in [0.3, 0.4) is 0 Å². The van der Waals surface area contributed by atoms with Crippen molar-refractivity contribution < 1.29 is 9.53 Å². The van der Waals surface area contributed by atoms with E-state index in [1.54, 1.807) is 0 Å². The highest BCUT2D eigenvalue weighted by molar-refractivity contribution is 6.30. The van der Waals surface area contributed by atoms with Crippen molar-refractivity contribution in [3.8, 4) is 0 Å². The topological polar surface area (TPSA) is 38.3 Å². The first-order valence-corrected chi connectivity index (χ1v) is 6.58. The van der Waals surface area contributed by atoms with Crippen LogP contribution in [0, 0.1) is 5.41 Å². The number of carbonyl (C=O) groups excluding carboxylic acids is 1. The predicted octanol–water partition coefficient (Wildman–Crippen LogP) is 2.43. The van der Waals surface area contributed by atoms with Gasteiger partial charge in [-0.2, -0.15) is 0 Å². The molecule has 0 aliphatic carbocycles. The number of carbonyl (C=O) groups is 1. The summed E-state index contributed by atoms with van der Waals surface area (Å²) in [5, 5.41) is 3.99. The predicted molar refractivity (Wildman–Crippen MR) is 71.7 cm³/mol. The molecule has 4 heteroatoms. The minimum absolute atomic E-state index is 0.107. The molecule has 98 valence electrons. The fourth-order valence-corrected chi connectivity index (χ4v) is 2.83. The molecular weight excluding hydrogens is 250 g/mol. The summed E-state index contributed by atoms with van der Waals surface area (Å²) in [6, 6.07) is 7.70. The van der Waals surface area contributed by atoms with E-state index in [-0.39, 0.29) is 5.97 Å². The third-order valence-electron chi connectivity index (χ3n) is 3.61. The summed E-state index contributed by atoms with van der Waals surface area (Å²) < 4.78 is 5.00. The lowest BCUT2D eigenvalue weighted by molar-refractivity contribution is -0.154. The van der Waals surface area contributed by atoms with Crippen molar-refractivity contribution in [2.45, 2.75) is 19.3 Å². The number of esters is 1. The summed E-state index contributed by atoms with van der Waals surface area (Å²) in [5.74, 6) is -0.107. The molecule has 1 aromatic carbocycles. The van der Waals surface area contributed by atoms with Gasteiger partial charge in [0.15, 0.2) is 0 Å². The van der Waals surface area contributed by atoms with E-state index in [0.29, 0.717) is 11.4 Å². The number of methoxy groups -OCH3 is 1. The number of hydrogen-bond donors (Lipinski definition) is 1. The molecule has 1 aliphatic rings. The highest BCUT2D eigenvalue weighted by atomic mass is 35.5. The zero-order valence-electron chi connectivity index (χ0n) is 10.5. The van der Waals surface area contributed by atoms with E-state index < -0.39 is 5.41 Å². The molecule has 1 saturated heterocycles. The van der Waals surface area contributed by atoms with Crippen molar-refractivity contribution >= 4 is 17.6 Å². The van der Waals surface area contributed by atoms with Gasteiger partial charge in [0.25, 0.3) is 0 Å². The molecule has 2 rings (SSSR count). The van der Waals surface area contributed by atoms with Gasteiger partial charge < -0.3 is 10.1 Å². The fraction of sp³-hybridized carbons (Fsp3) is 0.500. The van der Waals surface area contributed by atoms with Gasteiger partial charge in [0, 0.05) is 5.02 Å². The molecule has 1 aromatic rings. The van der Waals surface area contributed by atoms with E-state index in [0.717, 1.165) is 31.5 Å². The lowest BCUT2D eigenvalue weighted by Gasteiger charge is -2.35. The average Bonchev–Trinajstić information content (AvgIpc) is 2.39. The monoisotopic (exact) mass is 267 g/mol. The molecule has 1 heterocycles. The minimum atomic E-state index is -0.398. The first-order valence-electron chi connectivity index (χ1n) is 6.20. The van der Waals surface area contributed by atoms with Crippen LogP contribution in [-0.4, -0.2) is 26.2 Å². The Balaban J connectivity index is 2.22. The smallest absolute Gasteiger partial charge is 0.312 e. The SMILES string of the molecule is COC(=O)C1(Cc2cccc(Cl)c2)CCNCC1. The molecular formula is C14H18ClNO2. The van der Waals surface area contributed by atoms with Crippen LogP contribution in [-0.2, 0) is 16.0 Å². The van der Waals surface area contributed by atoms with Gasteiger partial charge in [-0.25, -0.2) is 0 Å². The molecule has 0 atom stereocenters. The maximum atomic E-state index is 12.1. The van der Waals surface area contributed by atoms with Gasteiger partial charge in [0.1, 0.15) is 0 Å². The lowest BCUT2D eigenvalue weighted by atomic mass is 9.74. The quantitative estimate of drug-likeness (QED) is 0.855. The Hall–Kier alpha value is -1.06. The highest BCUT2D eigenvalue weighted by Gasteiger charge is 2.40. The fourth-order valence-electron chi connectivity index (χ4n) is 2.61. The highest BCUT2D eigenvalue weighted by Crippen LogP contribution is 2.34. The molecule has 0 aromatic heterocycles. The van der Waals surface area contributed by atoms with E-state index in [1.807, 2.05) is 24.3 Å². The van der Waals surface area contributed by atoms with Crippen molar-refractivity contribution in [2.75, 3.05) is 20.2 Å². The Kier molecular flexibility index (Phi) is 4.25. The Labute approximate surface area is 112 Å². The number of ether oxygens (including phenoxy) is 1. The Morgan fingerprint density at radius 1 is 1.44 bits per heavy atom. The maximum Gasteiger partial charge on any atom is 0.312 e. The van der Waals surface area contributed by atoms with Crippen molar-refractivity contribution in [3.63, 3.8) is 0 Å². The van der Waals surface area contributed by atoms with Crippen LogP contribution < -0.4 is 5.32 Å². The molecule has 0 unspecified atom stereocenters. The van der Waals surface area contributed by atoms with Gasteiger partial charge in [-0.05, 0) is 50.0 Å². The van der Waals surface area contributed by atoms with Crippen LogP contribution in [0.1, 0.15) is 18.4 Å². The molecule has 1 fully saturated rings. The summed E-state index contributed by atoms with van der Waals surface area (Å²) in [6.45, 7) is 1.71. The first-order chi connectivity index (χ1) is 8.66. The van der Waals surface area contributed by atoms with E-state index in [2.05, 4.69) is 5.32 Å². The van der Waals surface area contributed by atoms with E-state index in [9.17, 15) is 4.79 Å². The maximum absolute atomic E-state index is 12.1. The molecule has 18 heavy (non-hydrogen) atoms. The second-order valence-electron chi connectivity index (χ2n) is 4.83. The van der Waals surface area contributed by atoms with E-state index >= 15 is 0 Å². The van der Waals surface area contributed by atoms with Crippen molar-refractivity contribution in [3.05, 3.63) is 34.9 Å². The zero-order chi connectivity index (χ0) is 13.0. The number of hydrogen-bond acceptors (Lipinski definition) is 3. The zero-order valence-corrected chi connectivity index (χ0v) is 11.3. The van der Waals surface area contributed by atoms with Crippen molar-refractivity contribution in [1.29, 1.82) is 0 Å². The van der Waals surface area contributed by atoms with Gasteiger partial charge in [0.2, 0.25) is 0 Å². The molecule has 3 nitrogen and oxygen atoms in total. The largest absolute Gasteiger partial charge is 0.469 e. The second kappa shape index (κ2) is 5.72. The third kappa shape index (κ3) is 2.85. The molecule has 0 amide bonds. The number of benzene rings is 1. The molecule has 1 N–H and O–H groups in total. The summed E-state index contributed by atoms with van der Waals surface area (Å²) in [5.41, 5.74) is 0.694. The number of piperidine rings is 1. The van der Waals surface area contributed by atoms with Gasteiger partial charge in [-0.3, -0.25) is 4.79 Å². The summed E-state index contributed by atoms with van der Waals surface area (Å²) in [4.78, 5) is 12.1. The van der Waals surface area contributed by atoms with Gasteiger partial charge in [-0.15, -0.1) is 0 Å². The molecule has 0 spiro atoms. The Morgan fingerprint density at radius 2 is 2.17 bits per heavy atom. The normalized spacial score (nSPS) is 18.3. The molecule has 1 aliphatic heterocycles. The Morgan fingerprint density at radius 3 is 2.78 bits per heavy atom. The van der Waals surface area contributed by atoms with Crippen LogP contribution in [0.4, 0.5) is 0 Å².